The number of anilines is 1. The topological polar surface area (TPSA) is 125 Å². The van der Waals surface area contributed by atoms with E-state index in [1.807, 2.05) is 56.6 Å². The van der Waals surface area contributed by atoms with Gasteiger partial charge < -0.3 is 20.5 Å². The number of hydrogen-bond acceptors (Lipinski definition) is 7. The minimum Gasteiger partial charge on any atom is -0.493 e. The van der Waals surface area contributed by atoms with Crippen molar-refractivity contribution in [1.29, 1.82) is 5.26 Å². The van der Waals surface area contributed by atoms with Gasteiger partial charge in [-0.3, -0.25) is 9.78 Å². The molecule has 0 unspecified atom stereocenters. The highest BCUT2D eigenvalue weighted by atomic mass is 16.5. The third-order valence-electron chi connectivity index (χ3n) is 4.32. The van der Waals surface area contributed by atoms with Crippen LogP contribution in [-0.2, 0) is 4.79 Å². The molecule has 8 nitrogen and oxygen atoms in total. The third kappa shape index (κ3) is 6.52. The van der Waals surface area contributed by atoms with E-state index in [1.54, 1.807) is 12.4 Å². The van der Waals surface area contributed by atoms with Gasteiger partial charge in [-0.25, -0.2) is 4.98 Å². The fraction of sp³-hybridized carbons (Fsp3) is 0.217. The first-order valence-corrected chi connectivity index (χ1v) is 9.57. The summed E-state index contributed by atoms with van der Waals surface area (Å²) in [4.78, 5) is 18.9. The van der Waals surface area contributed by atoms with Crippen LogP contribution in [0.5, 0.6) is 5.75 Å². The van der Waals surface area contributed by atoms with Crippen LogP contribution < -0.4 is 10.5 Å². The number of nitrogens with zero attached hydrogens (tertiary/aromatic N) is 4. The first kappa shape index (κ1) is 23.3. The van der Waals surface area contributed by atoms with E-state index in [4.69, 9.17) is 20.4 Å². The lowest BCUT2D eigenvalue weighted by Gasteiger charge is -2.15. The largest absolute Gasteiger partial charge is 0.493 e. The smallest absolute Gasteiger partial charge is 0.290 e. The van der Waals surface area contributed by atoms with Gasteiger partial charge in [0.15, 0.2) is 0 Å². The fourth-order valence-electron chi connectivity index (χ4n) is 2.94. The van der Waals surface area contributed by atoms with Gasteiger partial charge in [0, 0.05) is 35.6 Å². The predicted octanol–water partition coefficient (Wildman–Crippen LogP) is 3.30. The number of nitrogens with two attached hydrogens (primary N) is 1. The van der Waals surface area contributed by atoms with Crippen molar-refractivity contribution in [2.75, 3.05) is 33.0 Å². The second-order valence-electron chi connectivity index (χ2n) is 6.77. The van der Waals surface area contributed by atoms with Gasteiger partial charge in [-0.1, -0.05) is 18.2 Å². The van der Waals surface area contributed by atoms with Crippen molar-refractivity contribution in [1.82, 2.24) is 14.9 Å². The molecule has 0 saturated carbocycles. The summed E-state index contributed by atoms with van der Waals surface area (Å²) in [6, 6.07) is 15.5. The number of carbonyl (C=O) groups is 1. The van der Waals surface area contributed by atoms with Crippen molar-refractivity contribution in [2.45, 2.75) is 6.42 Å². The molecule has 1 aromatic carbocycles. The van der Waals surface area contributed by atoms with Gasteiger partial charge in [0.25, 0.3) is 6.47 Å². The SMILES string of the molecule is CN(C)CCCOc1ccccc1-c1cc(-c2ccncc2)nc(N)c1C#N.O=CO. The lowest BCUT2D eigenvalue weighted by Crippen LogP contribution is -2.15. The summed E-state index contributed by atoms with van der Waals surface area (Å²) in [6.45, 7) is 1.29. The molecule has 0 fully saturated rings. The molecule has 3 aromatic rings. The molecule has 0 spiro atoms. The Labute approximate surface area is 181 Å². The summed E-state index contributed by atoms with van der Waals surface area (Å²) >= 11 is 0. The lowest BCUT2D eigenvalue weighted by atomic mass is 9.98. The average molecular weight is 419 g/mol. The van der Waals surface area contributed by atoms with E-state index in [-0.39, 0.29) is 12.3 Å². The van der Waals surface area contributed by atoms with Gasteiger partial charge in [0.2, 0.25) is 0 Å². The van der Waals surface area contributed by atoms with Crippen LogP contribution in [0.1, 0.15) is 12.0 Å². The van der Waals surface area contributed by atoms with Gasteiger partial charge >= 0.3 is 0 Å². The van der Waals surface area contributed by atoms with Crippen LogP contribution in [-0.4, -0.2) is 53.7 Å². The van der Waals surface area contributed by atoms with Gasteiger partial charge in [0.05, 0.1) is 12.3 Å². The molecule has 0 saturated heterocycles. The van der Waals surface area contributed by atoms with Crippen LogP contribution in [0.4, 0.5) is 5.82 Å². The van der Waals surface area contributed by atoms with E-state index in [0.717, 1.165) is 29.8 Å². The summed E-state index contributed by atoms with van der Waals surface area (Å²) in [5, 5.41) is 16.6. The zero-order chi connectivity index (χ0) is 22.6. The second kappa shape index (κ2) is 11.9. The third-order valence-corrected chi connectivity index (χ3v) is 4.32. The van der Waals surface area contributed by atoms with Gasteiger partial charge in [-0.2, -0.15) is 5.26 Å². The molecule has 2 aromatic heterocycles. The number of hydrogen-bond donors (Lipinski definition) is 2. The van der Waals surface area contributed by atoms with Crippen molar-refractivity contribution in [3.05, 3.63) is 60.4 Å². The lowest BCUT2D eigenvalue weighted by molar-refractivity contribution is -0.122. The Bertz CT molecular complexity index is 1030. The van der Waals surface area contributed by atoms with E-state index in [9.17, 15) is 5.26 Å². The Morgan fingerprint density at radius 3 is 2.52 bits per heavy atom. The van der Waals surface area contributed by atoms with Crippen LogP contribution in [0.25, 0.3) is 22.4 Å². The highest BCUT2D eigenvalue weighted by Crippen LogP contribution is 2.36. The minimum atomic E-state index is -0.250. The number of ether oxygens (including phenoxy) is 1. The van der Waals surface area contributed by atoms with Crippen molar-refractivity contribution >= 4 is 12.3 Å². The van der Waals surface area contributed by atoms with E-state index in [0.29, 0.717) is 23.4 Å². The molecule has 8 heteroatoms. The number of para-hydroxylation sites is 1. The molecule has 0 atom stereocenters. The number of aromatic nitrogens is 2. The first-order chi connectivity index (χ1) is 15.0. The van der Waals surface area contributed by atoms with Crippen LogP contribution in [0, 0.1) is 11.3 Å². The van der Waals surface area contributed by atoms with Crippen LogP contribution in [0.2, 0.25) is 0 Å². The minimum absolute atomic E-state index is 0.203. The van der Waals surface area contributed by atoms with Gasteiger partial charge in [-0.05, 0) is 44.8 Å². The Hall–Kier alpha value is -3.96. The molecule has 0 bridgehead atoms. The summed E-state index contributed by atoms with van der Waals surface area (Å²) in [6.07, 6.45) is 4.31. The average Bonchev–Trinajstić information content (AvgIpc) is 2.77. The summed E-state index contributed by atoms with van der Waals surface area (Å²) in [5.41, 5.74) is 9.58. The van der Waals surface area contributed by atoms with Crippen LogP contribution in [0.15, 0.2) is 54.9 Å². The summed E-state index contributed by atoms with van der Waals surface area (Å²) in [5.74, 6) is 0.929. The van der Waals surface area contributed by atoms with Gasteiger partial charge in [0.1, 0.15) is 23.2 Å². The maximum absolute atomic E-state index is 9.66. The zero-order valence-electron chi connectivity index (χ0n) is 17.5. The maximum Gasteiger partial charge on any atom is 0.290 e. The summed E-state index contributed by atoms with van der Waals surface area (Å²) < 4.78 is 6.02. The molecule has 0 aliphatic rings. The number of nitriles is 1. The number of nitrogen functional groups attached to an aromatic ring is 1. The van der Waals surface area contributed by atoms with Crippen LogP contribution >= 0.6 is 0 Å². The number of pyridine rings is 2. The number of carboxylic acid groups (broad SMARTS) is 1. The quantitative estimate of drug-likeness (QED) is 0.441. The molecule has 0 aliphatic heterocycles. The molecular weight excluding hydrogens is 394 g/mol. The van der Waals surface area contributed by atoms with Gasteiger partial charge in [-0.15, -0.1) is 0 Å². The number of benzene rings is 1. The van der Waals surface area contributed by atoms with E-state index in [1.165, 1.54) is 0 Å². The molecule has 0 amide bonds. The Morgan fingerprint density at radius 2 is 1.87 bits per heavy atom. The highest BCUT2D eigenvalue weighted by Gasteiger charge is 2.16. The normalized spacial score (nSPS) is 10.0. The molecule has 31 heavy (non-hydrogen) atoms. The second-order valence-corrected chi connectivity index (χ2v) is 6.77. The maximum atomic E-state index is 9.66. The van der Waals surface area contributed by atoms with Crippen molar-refractivity contribution in [3.63, 3.8) is 0 Å². The van der Waals surface area contributed by atoms with Crippen molar-refractivity contribution in [2.24, 2.45) is 0 Å². The monoisotopic (exact) mass is 419 g/mol. The Kier molecular flexibility index (Phi) is 8.95. The van der Waals surface area contributed by atoms with Crippen LogP contribution in [0.3, 0.4) is 0 Å². The summed E-state index contributed by atoms with van der Waals surface area (Å²) in [7, 11) is 4.07. The molecule has 0 radical (unpaired) electrons. The molecule has 3 N–H and O–H groups in total. The standard InChI is InChI=1S/C22H23N5O.CH2O2/c1-27(2)12-5-13-28-21-7-4-3-6-17(21)18-14-20(16-8-10-25-11-9-16)26-22(24)19(18)15-23;2-1-3/h3-4,6-11,14H,5,12-13H2,1-2H3,(H2,24,26);1H,(H,2,3). The molecule has 160 valence electrons. The fourth-order valence-corrected chi connectivity index (χ4v) is 2.94. The highest BCUT2D eigenvalue weighted by molar-refractivity contribution is 5.82. The van der Waals surface area contributed by atoms with Crippen molar-refractivity contribution in [3.8, 4) is 34.2 Å². The first-order valence-electron chi connectivity index (χ1n) is 9.57. The molecular formula is C23H25N5O3. The molecule has 0 aliphatic carbocycles. The number of rotatable bonds is 7. The Balaban J connectivity index is 0.00000107. The molecule has 2 heterocycles. The predicted molar refractivity (Wildman–Crippen MR) is 119 cm³/mol. The van der Waals surface area contributed by atoms with E-state index >= 15 is 0 Å². The zero-order valence-corrected chi connectivity index (χ0v) is 17.5. The molecule has 3 rings (SSSR count). The van der Waals surface area contributed by atoms with Crippen molar-refractivity contribution < 1.29 is 14.6 Å². The Morgan fingerprint density at radius 1 is 1.19 bits per heavy atom. The van der Waals surface area contributed by atoms with E-state index in [2.05, 4.69) is 20.9 Å². The van der Waals surface area contributed by atoms with E-state index < -0.39 is 0 Å².